The van der Waals surface area contributed by atoms with Crippen LogP contribution >= 0.6 is 15.9 Å². The smallest absolute Gasteiger partial charge is 0.143 e. The molecule has 0 saturated heterocycles. The maximum Gasteiger partial charge on any atom is 0.143 e. The lowest BCUT2D eigenvalue weighted by Gasteiger charge is -2.12. The number of rotatable bonds is 5. The minimum absolute atomic E-state index is 0.155. The molecular formula is C12H14BrF2NO. The molecule has 0 amide bonds. The van der Waals surface area contributed by atoms with Gasteiger partial charge in [0.05, 0.1) is 4.47 Å². The Bertz CT molecular complexity index is 419. The summed E-state index contributed by atoms with van der Waals surface area (Å²) in [6, 6.07) is 2.41. The summed E-state index contributed by atoms with van der Waals surface area (Å²) in [5.41, 5.74) is 5.23. The quantitative estimate of drug-likeness (QED) is 0.850. The predicted octanol–water partition coefficient (Wildman–Crippen LogP) is 2.82. The van der Waals surface area contributed by atoms with E-state index in [0.29, 0.717) is 6.42 Å². The Morgan fingerprint density at radius 2 is 2.12 bits per heavy atom. The van der Waals surface area contributed by atoms with Crippen LogP contribution in [0.3, 0.4) is 0 Å². The van der Waals surface area contributed by atoms with Gasteiger partial charge in [-0.15, -0.1) is 0 Å². The molecule has 0 saturated carbocycles. The van der Waals surface area contributed by atoms with Gasteiger partial charge in [0.25, 0.3) is 0 Å². The highest BCUT2D eigenvalue weighted by molar-refractivity contribution is 9.10. The van der Waals surface area contributed by atoms with Crippen LogP contribution < -0.4 is 5.73 Å². The molecular weight excluding hydrogens is 292 g/mol. The van der Waals surface area contributed by atoms with Crippen LogP contribution in [0.5, 0.6) is 0 Å². The average Bonchev–Trinajstić information content (AvgIpc) is 2.31. The molecule has 2 N–H and O–H groups in total. The number of nitrogens with two attached hydrogens (primary N) is 1. The van der Waals surface area contributed by atoms with Crippen molar-refractivity contribution in [2.24, 2.45) is 11.7 Å². The number of ketones is 1. The van der Waals surface area contributed by atoms with E-state index < -0.39 is 11.6 Å². The molecule has 1 rings (SSSR count). The molecule has 0 aliphatic carbocycles. The summed E-state index contributed by atoms with van der Waals surface area (Å²) in [6.45, 7) is 2.02. The Balaban J connectivity index is 2.95. The second-order valence-electron chi connectivity index (χ2n) is 3.81. The van der Waals surface area contributed by atoms with E-state index in [0.717, 1.165) is 6.07 Å². The van der Waals surface area contributed by atoms with Crippen molar-refractivity contribution >= 4 is 21.7 Å². The van der Waals surface area contributed by atoms with Crippen LogP contribution in [-0.4, -0.2) is 12.3 Å². The van der Waals surface area contributed by atoms with Crippen LogP contribution in [0.2, 0.25) is 0 Å². The summed E-state index contributed by atoms with van der Waals surface area (Å²) in [4.78, 5) is 11.8. The fourth-order valence-electron chi connectivity index (χ4n) is 1.58. The minimum atomic E-state index is -0.717. The van der Waals surface area contributed by atoms with Crippen molar-refractivity contribution in [3.05, 3.63) is 33.8 Å². The molecule has 94 valence electrons. The van der Waals surface area contributed by atoms with Crippen LogP contribution in [0.4, 0.5) is 8.78 Å². The molecule has 17 heavy (non-hydrogen) atoms. The second kappa shape index (κ2) is 6.21. The van der Waals surface area contributed by atoms with Crippen molar-refractivity contribution in [1.29, 1.82) is 0 Å². The van der Waals surface area contributed by atoms with E-state index in [-0.39, 0.29) is 34.7 Å². The van der Waals surface area contributed by atoms with Crippen LogP contribution in [0.25, 0.3) is 0 Å². The van der Waals surface area contributed by atoms with E-state index in [9.17, 15) is 13.6 Å². The minimum Gasteiger partial charge on any atom is -0.330 e. The van der Waals surface area contributed by atoms with E-state index in [1.807, 2.05) is 6.92 Å². The Morgan fingerprint density at radius 3 is 2.65 bits per heavy atom. The molecule has 1 atom stereocenters. The molecule has 0 heterocycles. The Morgan fingerprint density at radius 1 is 1.47 bits per heavy atom. The molecule has 1 aromatic rings. The van der Waals surface area contributed by atoms with Gasteiger partial charge in [0.15, 0.2) is 0 Å². The molecule has 0 aromatic heterocycles. The van der Waals surface area contributed by atoms with Crippen molar-refractivity contribution in [1.82, 2.24) is 0 Å². The van der Waals surface area contributed by atoms with Gasteiger partial charge in [-0.2, -0.15) is 0 Å². The van der Waals surface area contributed by atoms with Crippen LogP contribution in [0.15, 0.2) is 16.6 Å². The molecule has 1 aromatic carbocycles. The van der Waals surface area contributed by atoms with E-state index in [2.05, 4.69) is 15.9 Å². The van der Waals surface area contributed by atoms with Crippen molar-refractivity contribution in [3.63, 3.8) is 0 Å². The van der Waals surface area contributed by atoms with Crippen molar-refractivity contribution in [3.8, 4) is 0 Å². The second-order valence-corrected chi connectivity index (χ2v) is 4.66. The van der Waals surface area contributed by atoms with Gasteiger partial charge in [-0.05, 0) is 34.5 Å². The maximum atomic E-state index is 13.6. The highest BCUT2D eigenvalue weighted by Crippen LogP contribution is 2.23. The summed E-state index contributed by atoms with van der Waals surface area (Å²) >= 11 is 2.96. The predicted molar refractivity (Wildman–Crippen MR) is 65.6 cm³/mol. The molecule has 0 radical (unpaired) electrons. The van der Waals surface area contributed by atoms with Gasteiger partial charge in [-0.3, -0.25) is 4.79 Å². The fourth-order valence-corrected chi connectivity index (χ4v) is 1.95. The first-order chi connectivity index (χ1) is 8.01. The Labute approximate surface area is 107 Å². The Kier molecular flexibility index (Phi) is 5.21. The summed E-state index contributed by atoms with van der Waals surface area (Å²) in [6.07, 6.45) is 0.319. The van der Waals surface area contributed by atoms with Crippen molar-refractivity contribution < 1.29 is 13.6 Å². The molecule has 2 nitrogen and oxygen atoms in total. The third-order valence-electron chi connectivity index (χ3n) is 2.72. The monoisotopic (exact) mass is 305 g/mol. The average molecular weight is 306 g/mol. The number of hydrogen-bond donors (Lipinski definition) is 1. The summed E-state index contributed by atoms with van der Waals surface area (Å²) in [5, 5.41) is 0. The lowest BCUT2D eigenvalue weighted by atomic mass is 9.95. The van der Waals surface area contributed by atoms with Gasteiger partial charge in [0.1, 0.15) is 17.4 Å². The molecule has 5 heteroatoms. The lowest BCUT2D eigenvalue weighted by molar-refractivity contribution is -0.122. The number of carbonyl (C=O) groups excluding carboxylic acids is 1. The third kappa shape index (κ3) is 3.33. The molecule has 0 aliphatic rings. The fraction of sp³-hybridized carbons (Fsp3) is 0.417. The zero-order valence-electron chi connectivity index (χ0n) is 9.47. The van der Waals surface area contributed by atoms with Gasteiger partial charge in [-0.1, -0.05) is 6.92 Å². The first kappa shape index (κ1) is 14.3. The molecule has 0 bridgehead atoms. The molecule has 0 aliphatic heterocycles. The van der Waals surface area contributed by atoms with Gasteiger partial charge in [0, 0.05) is 24.4 Å². The molecule has 0 fully saturated rings. The van der Waals surface area contributed by atoms with Crippen LogP contribution in [0.1, 0.15) is 18.9 Å². The first-order valence-corrected chi connectivity index (χ1v) is 6.15. The standard InChI is InChI=1S/C12H14BrF2NO/c1-2-7(6-16)11(17)5-8-10(14)4-3-9(13)12(8)15/h3-4,7H,2,5-6,16H2,1H3. The largest absolute Gasteiger partial charge is 0.330 e. The SMILES string of the molecule is CCC(CN)C(=O)Cc1c(F)ccc(Br)c1F. The van der Waals surface area contributed by atoms with E-state index in [4.69, 9.17) is 5.73 Å². The highest BCUT2D eigenvalue weighted by atomic mass is 79.9. The van der Waals surface area contributed by atoms with Crippen molar-refractivity contribution in [2.75, 3.05) is 6.54 Å². The van der Waals surface area contributed by atoms with Crippen LogP contribution in [0, 0.1) is 17.6 Å². The molecule has 1 unspecified atom stereocenters. The number of halogens is 3. The number of Topliss-reactive ketones (excluding diaryl/α,β-unsaturated/α-hetero) is 1. The Hall–Kier alpha value is -0.810. The van der Waals surface area contributed by atoms with Gasteiger partial charge in [0.2, 0.25) is 0 Å². The zero-order chi connectivity index (χ0) is 13.0. The lowest BCUT2D eigenvalue weighted by Crippen LogP contribution is -2.25. The van der Waals surface area contributed by atoms with Crippen LogP contribution in [-0.2, 0) is 11.2 Å². The maximum absolute atomic E-state index is 13.6. The molecule has 0 spiro atoms. The van der Waals surface area contributed by atoms with E-state index in [1.165, 1.54) is 6.07 Å². The van der Waals surface area contributed by atoms with E-state index in [1.54, 1.807) is 0 Å². The number of benzene rings is 1. The number of hydrogen-bond acceptors (Lipinski definition) is 2. The first-order valence-electron chi connectivity index (χ1n) is 5.36. The summed E-state index contributed by atoms with van der Waals surface area (Å²) in [5.74, 6) is -1.99. The van der Waals surface area contributed by atoms with E-state index >= 15 is 0 Å². The topological polar surface area (TPSA) is 43.1 Å². The van der Waals surface area contributed by atoms with Crippen molar-refractivity contribution in [2.45, 2.75) is 19.8 Å². The van der Waals surface area contributed by atoms with Gasteiger partial charge >= 0.3 is 0 Å². The highest BCUT2D eigenvalue weighted by Gasteiger charge is 2.20. The third-order valence-corrected chi connectivity index (χ3v) is 3.34. The van der Waals surface area contributed by atoms with Gasteiger partial charge in [-0.25, -0.2) is 8.78 Å². The number of carbonyl (C=O) groups is 1. The zero-order valence-corrected chi connectivity index (χ0v) is 11.1. The summed E-state index contributed by atoms with van der Waals surface area (Å²) in [7, 11) is 0. The summed E-state index contributed by atoms with van der Waals surface area (Å²) < 4.78 is 27.2. The normalized spacial score (nSPS) is 12.5. The van der Waals surface area contributed by atoms with Gasteiger partial charge < -0.3 is 5.73 Å².